The molecule has 0 unspecified atom stereocenters. The molecule has 0 fully saturated rings. The van der Waals surface area contributed by atoms with E-state index in [1.807, 2.05) is 24.3 Å². The Hall–Kier alpha value is -3.58. The highest BCUT2D eigenvalue weighted by Gasteiger charge is 2.46. The Morgan fingerprint density at radius 2 is 1.83 bits per heavy atom. The monoisotopic (exact) mass is 494 g/mol. The zero-order valence-electron chi connectivity index (χ0n) is 19.3. The Bertz CT molecular complexity index is 1330. The number of amides is 2. The largest absolute Gasteiger partial charge is 0.493 e. The molecule has 0 aliphatic carbocycles. The summed E-state index contributed by atoms with van der Waals surface area (Å²) in [6.07, 6.45) is 0.639. The molecule has 2 heterocycles. The molecule has 3 aromatic rings. The highest BCUT2D eigenvalue weighted by Crippen LogP contribution is 2.48. The molecule has 0 radical (unpaired) electrons. The number of ether oxygens (including phenoxy) is 2. The Morgan fingerprint density at radius 1 is 1.09 bits per heavy atom. The second-order valence-corrected chi connectivity index (χ2v) is 9.03. The van der Waals surface area contributed by atoms with Gasteiger partial charge in [0.05, 0.1) is 26.2 Å². The van der Waals surface area contributed by atoms with Gasteiger partial charge in [-0.2, -0.15) is 0 Å². The van der Waals surface area contributed by atoms with E-state index in [9.17, 15) is 14.0 Å². The zero-order valence-corrected chi connectivity index (χ0v) is 20.1. The highest BCUT2D eigenvalue weighted by atomic mass is 35.5. The third-order valence-electron chi connectivity index (χ3n) is 6.78. The van der Waals surface area contributed by atoms with E-state index in [-0.39, 0.29) is 23.4 Å². The minimum atomic E-state index is -0.653. The molecule has 180 valence electrons. The minimum Gasteiger partial charge on any atom is -0.493 e. The smallest absolute Gasteiger partial charge is 0.254 e. The summed E-state index contributed by atoms with van der Waals surface area (Å²) in [7, 11) is 3.14. The number of rotatable bonds is 5. The first kappa shape index (κ1) is 23.2. The van der Waals surface area contributed by atoms with Crippen molar-refractivity contribution < 1.29 is 23.5 Å². The SMILES string of the molecule is COc1cc2c(cc1OC)[C@@H]1[C@@H](C(=O)NCc3ccc(F)cc3Cl)c3ccccc3C(=O)N1CC2. The Kier molecular flexibility index (Phi) is 6.11. The van der Waals surface area contributed by atoms with E-state index in [1.165, 1.54) is 12.1 Å². The van der Waals surface area contributed by atoms with Crippen LogP contribution >= 0.6 is 11.6 Å². The maximum absolute atomic E-state index is 13.7. The molecule has 8 heteroatoms. The second-order valence-electron chi connectivity index (χ2n) is 8.62. The molecule has 2 aliphatic rings. The Balaban J connectivity index is 1.57. The van der Waals surface area contributed by atoms with Gasteiger partial charge in [-0.1, -0.05) is 35.9 Å². The molecule has 0 aromatic heterocycles. The van der Waals surface area contributed by atoms with Gasteiger partial charge < -0.3 is 19.7 Å². The normalized spacial score (nSPS) is 18.3. The molecule has 2 amide bonds. The number of fused-ring (bicyclic) bond motifs is 4. The third kappa shape index (κ3) is 4.00. The summed E-state index contributed by atoms with van der Waals surface area (Å²) < 4.78 is 24.5. The molecular weight excluding hydrogens is 471 g/mol. The first-order chi connectivity index (χ1) is 16.9. The van der Waals surface area contributed by atoms with Crippen molar-refractivity contribution in [2.24, 2.45) is 0 Å². The molecule has 5 rings (SSSR count). The van der Waals surface area contributed by atoms with Crippen LogP contribution in [-0.2, 0) is 17.8 Å². The molecule has 3 aromatic carbocycles. The molecule has 0 spiro atoms. The molecule has 0 saturated carbocycles. The molecule has 2 aliphatic heterocycles. The van der Waals surface area contributed by atoms with Crippen LogP contribution in [0.15, 0.2) is 54.6 Å². The molecule has 0 bridgehead atoms. The van der Waals surface area contributed by atoms with Crippen LogP contribution in [0.1, 0.15) is 44.6 Å². The lowest BCUT2D eigenvalue weighted by Gasteiger charge is -2.45. The average molecular weight is 495 g/mol. The van der Waals surface area contributed by atoms with Gasteiger partial charge in [-0.25, -0.2) is 4.39 Å². The summed E-state index contributed by atoms with van der Waals surface area (Å²) in [5.74, 6) is -0.297. The third-order valence-corrected chi connectivity index (χ3v) is 7.13. The van der Waals surface area contributed by atoms with Crippen molar-refractivity contribution in [3.8, 4) is 11.5 Å². The molecule has 0 saturated heterocycles. The van der Waals surface area contributed by atoms with Gasteiger partial charge in [-0.15, -0.1) is 0 Å². The lowest BCUT2D eigenvalue weighted by molar-refractivity contribution is -0.124. The van der Waals surface area contributed by atoms with Crippen molar-refractivity contribution >= 4 is 23.4 Å². The van der Waals surface area contributed by atoms with Crippen LogP contribution in [0.4, 0.5) is 4.39 Å². The number of benzene rings is 3. The minimum absolute atomic E-state index is 0.100. The number of methoxy groups -OCH3 is 2. The first-order valence-corrected chi connectivity index (χ1v) is 11.7. The van der Waals surface area contributed by atoms with Crippen LogP contribution < -0.4 is 14.8 Å². The van der Waals surface area contributed by atoms with Gasteiger partial charge in [0, 0.05) is 23.7 Å². The zero-order chi connectivity index (χ0) is 24.7. The first-order valence-electron chi connectivity index (χ1n) is 11.3. The van der Waals surface area contributed by atoms with Crippen LogP contribution in [0.5, 0.6) is 11.5 Å². The summed E-state index contributed by atoms with van der Waals surface area (Å²) in [5, 5.41) is 3.20. The molecular formula is C27H24ClFN2O4. The van der Waals surface area contributed by atoms with Crippen molar-refractivity contribution in [3.05, 3.63) is 93.3 Å². The number of nitrogens with one attached hydrogen (secondary N) is 1. The van der Waals surface area contributed by atoms with Crippen LogP contribution in [0.25, 0.3) is 0 Å². The summed E-state index contributed by atoms with van der Waals surface area (Å²) in [6.45, 7) is 0.615. The van der Waals surface area contributed by atoms with Crippen molar-refractivity contribution in [3.63, 3.8) is 0 Å². The Morgan fingerprint density at radius 3 is 2.57 bits per heavy atom. The van der Waals surface area contributed by atoms with E-state index >= 15 is 0 Å². The van der Waals surface area contributed by atoms with Crippen LogP contribution in [-0.4, -0.2) is 37.5 Å². The number of nitrogens with zero attached hydrogens (tertiary/aromatic N) is 1. The predicted molar refractivity (Wildman–Crippen MR) is 129 cm³/mol. The van der Waals surface area contributed by atoms with Crippen LogP contribution in [0.2, 0.25) is 5.02 Å². The van der Waals surface area contributed by atoms with Gasteiger partial charge in [0.1, 0.15) is 5.82 Å². The predicted octanol–water partition coefficient (Wildman–Crippen LogP) is 4.65. The summed E-state index contributed by atoms with van der Waals surface area (Å²) in [6, 6.07) is 14.6. The van der Waals surface area contributed by atoms with Crippen molar-refractivity contribution in [2.75, 3.05) is 20.8 Å². The number of halogens is 2. The Labute approximate surface area is 207 Å². The fourth-order valence-electron chi connectivity index (χ4n) is 5.09. The van der Waals surface area contributed by atoms with Crippen LogP contribution in [0, 0.1) is 5.82 Å². The lowest BCUT2D eigenvalue weighted by Crippen LogP contribution is -2.50. The maximum atomic E-state index is 13.7. The van der Waals surface area contributed by atoms with Crippen molar-refractivity contribution in [1.29, 1.82) is 0 Å². The molecule has 1 N–H and O–H groups in total. The van der Waals surface area contributed by atoms with E-state index < -0.39 is 17.8 Å². The van der Waals surface area contributed by atoms with E-state index in [0.29, 0.717) is 41.2 Å². The fourth-order valence-corrected chi connectivity index (χ4v) is 5.33. The van der Waals surface area contributed by atoms with Crippen LogP contribution in [0.3, 0.4) is 0 Å². The summed E-state index contributed by atoms with van der Waals surface area (Å²) in [5.41, 5.74) is 3.66. The van der Waals surface area contributed by atoms with E-state index in [1.54, 1.807) is 37.3 Å². The summed E-state index contributed by atoms with van der Waals surface area (Å²) in [4.78, 5) is 29.0. The highest BCUT2D eigenvalue weighted by molar-refractivity contribution is 6.31. The van der Waals surface area contributed by atoms with Crippen molar-refractivity contribution in [2.45, 2.75) is 24.9 Å². The summed E-state index contributed by atoms with van der Waals surface area (Å²) >= 11 is 6.17. The number of hydrogen-bond donors (Lipinski definition) is 1. The van der Waals surface area contributed by atoms with Gasteiger partial charge >= 0.3 is 0 Å². The van der Waals surface area contributed by atoms with Gasteiger partial charge in [0.15, 0.2) is 11.5 Å². The molecule has 6 nitrogen and oxygen atoms in total. The lowest BCUT2D eigenvalue weighted by atomic mass is 9.75. The number of carbonyl (C=O) groups is 2. The molecule has 35 heavy (non-hydrogen) atoms. The standard InChI is InChI=1S/C27H24ClFN2O4/c1-34-22-11-15-9-10-31-25(20(15)13-23(22)35-2)24(18-5-3-4-6-19(18)27(31)33)26(32)30-14-16-7-8-17(29)12-21(16)28/h3-8,11-13,24-25H,9-10,14H2,1-2H3,(H,30,32)/t24-,25+/m0/s1. The number of hydrogen-bond acceptors (Lipinski definition) is 4. The fraction of sp³-hybridized carbons (Fsp3) is 0.259. The van der Waals surface area contributed by atoms with Gasteiger partial charge in [-0.05, 0) is 59.0 Å². The molecule has 2 atom stereocenters. The topological polar surface area (TPSA) is 67.9 Å². The van der Waals surface area contributed by atoms with E-state index in [2.05, 4.69) is 5.32 Å². The van der Waals surface area contributed by atoms with E-state index in [4.69, 9.17) is 21.1 Å². The number of carbonyl (C=O) groups excluding carboxylic acids is 2. The van der Waals surface area contributed by atoms with Gasteiger partial charge in [0.25, 0.3) is 5.91 Å². The second kappa shape index (κ2) is 9.23. The van der Waals surface area contributed by atoms with E-state index in [0.717, 1.165) is 11.1 Å². The maximum Gasteiger partial charge on any atom is 0.254 e. The van der Waals surface area contributed by atoms with Gasteiger partial charge in [0.2, 0.25) is 5.91 Å². The van der Waals surface area contributed by atoms with Gasteiger partial charge in [-0.3, -0.25) is 9.59 Å². The van der Waals surface area contributed by atoms with Crippen molar-refractivity contribution in [1.82, 2.24) is 10.2 Å². The quantitative estimate of drug-likeness (QED) is 0.560. The average Bonchev–Trinajstić information content (AvgIpc) is 2.87.